The second-order valence-electron chi connectivity index (χ2n) is 7.25. The van der Waals surface area contributed by atoms with Gasteiger partial charge in [0.2, 0.25) is 0 Å². The van der Waals surface area contributed by atoms with Crippen molar-refractivity contribution in [3.8, 4) is 0 Å². The molecule has 0 aromatic heterocycles. The van der Waals surface area contributed by atoms with E-state index in [1.165, 1.54) is 5.56 Å². The fourth-order valence-corrected chi connectivity index (χ4v) is 2.21. The lowest BCUT2D eigenvalue weighted by atomic mass is 10.2. The van der Waals surface area contributed by atoms with E-state index >= 15 is 0 Å². The van der Waals surface area contributed by atoms with Gasteiger partial charge in [-0.25, -0.2) is 4.79 Å². The van der Waals surface area contributed by atoms with Gasteiger partial charge in [-0.1, -0.05) is 30.3 Å². The molecule has 0 aliphatic rings. The molecular formula is C21H35NO5. The highest BCUT2D eigenvalue weighted by Gasteiger charge is 2.15. The fourth-order valence-electron chi connectivity index (χ4n) is 2.21. The number of amides is 1. The highest BCUT2D eigenvalue weighted by molar-refractivity contribution is 5.67. The van der Waals surface area contributed by atoms with Crippen LogP contribution in [0.2, 0.25) is 0 Å². The van der Waals surface area contributed by atoms with E-state index in [1.54, 1.807) is 0 Å². The summed E-state index contributed by atoms with van der Waals surface area (Å²) in [6.45, 7) is 9.84. The van der Waals surface area contributed by atoms with E-state index in [4.69, 9.17) is 18.9 Å². The minimum absolute atomic E-state index is 0.358. The third-order valence-electron chi connectivity index (χ3n) is 3.49. The second kappa shape index (κ2) is 14.4. The van der Waals surface area contributed by atoms with Crippen molar-refractivity contribution in [3.05, 3.63) is 35.9 Å². The van der Waals surface area contributed by atoms with E-state index in [-0.39, 0.29) is 6.09 Å². The number of carbonyl (C=O) groups is 1. The topological polar surface area (TPSA) is 66.0 Å². The number of rotatable bonds is 14. The highest BCUT2D eigenvalue weighted by Crippen LogP contribution is 2.06. The largest absolute Gasteiger partial charge is 0.444 e. The van der Waals surface area contributed by atoms with E-state index in [0.717, 1.165) is 19.3 Å². The maximum atomic E-state index is 11.5. The Balaban J connectivity index is 1.77. The van der Waals surface area contributed by atoms with Crippen molar-refractivity contribution in [2.24, 2.45) is 0 Å². The quantitative estimate of drug-likeness (QED) is 0.495. The van der Waals surface area contributed by atoms with Crippen LogP contribution in [0.3, 0.4) is 0 Å². The molecule has 0 heterocycles. The fraction of sp³-hybridized carbons (Fsp3) is 0.667. The standard InChI is InChI=1S/C21H35NO5/c1-21(2,3)27-20(23)22-12-8-5-9-13-24-14-15-25-16-17-26-18-19-10-6-4-7-11-19/h4,6-7,10-11H,5,8-9,12-18H2,1-3H3,(H,22,23). The van der Waals surface area contributed by atoms with Crippen LogP contribution in [0.15, 0.2) is 30.3 Å². The molecule has 1 amide bonds. The second-order valence-corrected chi connectivity index (χ2v) is 7.25. The van der Waals surface area contributed by atoms with Crippen LogP contribution < -0.4 is 5.32 Å². The van der Waals surface area contributed by atoms with Crippen molar-refractivity contribution in [3.63, 3.8) is 0 Å². The van der Waals surface area contributed by atoms with Gasteiger partial charge in [-0.2, -0.15) is 0 Å². The smallest absolute Gasteiger partial charge is 0.407 e. The first-order valence-electron chi connectivity index (χ1n) is 9.71. The molecule has 1 rings (SSSR count). The number of hydrogen-bond acceptors (Lipinski definition) is 5. The molecule has 1 N–H and O–H groups in total. The Labute approximate surface area is 163 Å². The van der Waals surface area contributed by atoms with Crippen molar-refractivity contribution in [1.82, 2.24) is 5.32 Å². The van der Waals surface area contributed by atoms with Crippen molar-refractivity contribution in [1.29, 1.82) is 0 Å². The lowest BCUT2D eigenvalue weighted by Gasteiger charge is -2.19. The molecule has 0 spiro atoms. The normalized spacial score (nSPS) is 11.4. The Kier molecular flexibility index (Phi) is 12.5. The van der Waals surface area contributed by atoms with Gasteiger partial charge in [0.05, 0.1) is 33.0 Å². The molecule has 0 bridgehead atoms. The Morgan fingerprint density at radius 2 is 1.48 bits per heavy atom. The van der Waals surface area contributed by atoms with E-state index < -0.39 is 5.60 Å². The van der Waals surface area contributed by atoms with Gasteiger partial charge in [-0.15, -0.1) is 0 Å². The average molecular weight is 382 g/mol. The summed E-state index contributed by atoms with van der Waals surface area (Å²) in [4.78, 5) is 11.5. The first kappa shape index (κ1) is 23.4. The molecule has 0 saturated heterocycles. The zero-order chi connectivity index (χ0) is 19.8. The van der Waals surface area contributed by atoms with Crippen LogP contribution in [0, 0.1) is 0 Å². The monoisotopic (exact) mass is 381 g/mol. The molecule has 154 valence electrons. The van der Waals surface area contributed by atoms with Gasteiger partial charge in [0.1, 0.15) is 5.60 Å². The molecule has 0 aliphatic carbocycles. The SMILES string of the molecule is CC(C)(C)OC(=O)NCCCCCOCCOCCOCc1ccccc1. The lowest BCUT2D eigenvalue weighted by molar-refractivity contribution is 0.0100. The van der Waals surface area contributed by atoms with Gasteiger partial charge in [0.25, 0.3) is 0 Å². The third-order valence-corrected chi connectivity index (χ3v) is 3.49. The summed E-state index contributed by atoms with van der Waals surface area (Å²) in [5, 5.41) is 2.75. The van der Waals surface area contributed by atoms with Gasteiger partial charge in [0, 0.05) is 13.2 Å². The minimum atomic E-state index is -0.450. The summed E-state index contributed by atoms with van der Waals surface area (Å²) in [5.41, 5.74) is 0.718. The number of hydrogen-bond donors (Lipinski definition) is 1. The van der Waals surface area contributed by atoms with Crippen molar-refractivity contribution in [2.75, 3.05) is 39.6 Å². The molecule has 0 unspecified atom stereocenters. The predicted molar refractivity (Wildman–Crippen MR) is 106 cm³/mol. The number of benzene rings is 1. The van der Waals surface area contributed by atoms with Gasteiger partial charge in [-0.3, -0.25) is 0 Å². The summed E-state index contributed by atoms with van der Waals surface area (Å²) < 4.78 is 21.7. The highest BCUT2D eigenvalue weighted by atomic mass is 16.6. The average Bonchev–Trinajstić information content (AvgIpc) is 2.61. The molecule has 6 heteroatoms. The van der Waals surface area contributed by atoms with Crippen molar-refractivity contribution < 1.29 is 23.7 Å². The van der Waals surface area contributed by atoms with Crippen LogP contribution in [0.1, 0.15) is 45.6 Å². The van der Waals surface area contributed by atoms with Crippen LogP contribution in [-0.2, 0) is 25.6 Å². The minimum Gasteiger partial charge on any atom is -0.444 e. The van der Waals surface area contributed by atoms with Crippen LogP contribution in [0.4, 0.5) is 4.79 Å². The number of alkyl carbamates (subject to hydrolysis) is 1. The summed E-state index contributed by atoms with van der Waals surface area (Å²) in [7, 11) is 0. The van der Waals surface area contributed by atoms with Crippen molar-refractivity contribution in [2.45, 2.75) is 52.2 Å². The van der Waals surface area contributed by atoms with Gasteiger partial charge < -0.3 is 24.3 Å². The zero-order valence-electron chi connectivity index (χ0n) is 17.0. The van der Waals surface area contributed by atoms with Crippen LogP contribution in [-0.4, -0.2) is 51.3 Å². The van der Waals surface area contributed by atoms with E-state index in [1.807, 2.05) is 51.1 Å². The Hall–Kier alpha value is -1.63. The third kappa shape index (κ3) is 15.2. The predicted octanol–water partition coefficient (Wildman–Crippen LogP) is 3.93. The summed E-state index contributed by atoms with van der Waals surface area (Å²) in [6, 6.07) is 10.1. The van der Waals surface area contributed by atoms with Crippen LogP contribution in [0.25, 0.3) is 0 Å². The van der Waals surface area contributed by atoms with Crippen molar-refractivity contribution >= 4 is 6.09 Å². The molecule has 0 saturated carbocycles. The van der Waals surface area contributed by atoms with Gasteiger partial charge in [0.15, 0.2) is 0 Å². The molecule has 1 aromatic rings. The number of nitrogens with one attached hydrogen (secondary N) is 1. The molecule has 27 heavy (non-hydrogen) atoms. The Morgan fingerprint density at radius 3 is 2.15 bits per heavy atom. The number of ether oxygens (including phenoxy) is 4. The molecule has 0 fully saturated rings. The summed E-state index contributed by atoms with van der Waals surface area (Å²) in [6.07, 6.45) is 2.53. The maximum absolute atomic E-state index is 11.5. The maximum Gasteiger partial charge on any atom is 0.407 e. The summed E-state index contributed by atoms with van der Waals surface area (Å²) >= 11 is 0. The first-order chi connectivity index (χ1) is 13.0. The van der Waals surface area contributed by atoms with Crippen LogP contribution >= 0.6 is 0 Å². The lowest BCUT2D eigenvalue weighted by Crippen LogP contribution is -2.33. The zero-order valence-corrected chi connectivity index (χ0v) is 17.0. The number of unbranched alkanes of at least 4 members (excludes halogenated alkanes) is 2. The molecule has 1 aromatic carbocycles. The molecule has 0 aliphatic heterocycles. The van der Waals surface area contributed by atoms with Gasteiger partial charge in [-0.05, 0) is 45.6 Å². The van der Waals surface area contributed by atoms with E-state index in [0.29, 0.717) is 46.2 Å². The molecule has 0 radical (unpaired) electrons. The first-order valence-corrected chi connectivity index (χ1v) is 9.71. The van der Waals surface area contributed by atoms with E-state index in [2.05, 4.69) is 5.32 Å². The molecule has 6 nitrogen and oxygen atoms in total. The molecular weight excluding hydrogens is 346 g/mol. The number of carbonyl (C=O) groups excluding carboxylic acids is 1. The molecule has 0 atom stereocenters. The van der Waals surface area contributed by atoms with E-state index in [9.17, 15) is 4.79 Å². The van der Waals surface area contributed by atoms with Gasteiger partial charge >= 0.3 is 6.09 Å². The Bertz CT molecular complexity index is 487. The summed E-state index contributed by atoms with van der Waals surface area (Å²) in [5.74, 6) is 0. The van der Waals surface area contributed by atoms with Crippen LogP contribution in [0.5, 0.6) is 0 Å². The Morgan fingerprint density at radius 1 is 0.852 bits per heavy atom.